The van der Waals surface area contributed by atoms with Gasteiger partial charge in [-0.25, -0.2) is 4.79 Å². The number of rotatable bonds is 4. The number of benzene rings is 1. The molecule has 1 N–H and O–H groups in total. The van der Waals surface area contributed by atoms with Gasteiger partial charge in [0.15, 0.2) is 0 Å². The summed E-state index contributed by atoms with van der Waals surface area (Å²) in [5.74, 6) is 0. The van der Waals surface area contributed by atoms with E-state index in [2.05, 4.69) is 4.99 Å². The molecule has 1 aromatic carbocycles. The van der Waals surface area contributed by atoms with Gasteiger partial charge in [0.2, 0.25) is 6.08 Å². The van der Waals surface area contributed by atoms with Crippen molar-refractivity contribution < 1.29 is 9.90 Å². The van der Waals surface area contributed by atoms with Crippen LogP contribution in [0, 0.1) is 0 Å². The minimum atomic E-state index is -0.330. The molecule has 1 aliphatic rings. The lowest BCUT2D eigenvalue weighted by molar-refractivity contribution is 0.218. The molecule has 2 rings (SSSR count). The van der Waals surface area contributed by atoms with Crippen molar-refractivity contribution in [2.75, 3.05) is 6.61 Å². The van der Waals surface area contributed by atoms with Crippen LogP contribution in [0.15, 0.2) is 29.3 Å². The number of carbonyl (C=O) groups excluding carboxylic acids is 1. The standard InChI is InChI=1S/C15H19NO2/c1-14(2,10-17)12-4-6-13(7-5-12)15(16-11-18)8-3-9-15/h4-7,17H,3,8-10H2,1-2H3. The molecule has 0 bridgehead atoms. The summed E-state index contributed by atoms with van der Waals surface area (Å²) in [5.41, 5.74) is 1.61. The van der Waals surface area contributed by atoms with Gasteiger partial charge in [0.25, 0.3) is 0 Å². The first kappa shape index (κ1) is 13.0. The van der Waals surface area contributed by atoms with Gasteiger partial charge in [-0.15, -0.1) is 0 Å². The van der Waals surface area contributed by atoms with E-state index < -0.39 is 0 Å². The molecule has 1 aromatic rings. The Kier molecular flexibility index (Phi) is 3.38. The average Bonchev–Trinajstić information content (AvgIpc) is 2.34. The zero-order valence-electron chi connectivity index (χ0n) is 10.9. The van der Waals surface area contributed by atoms with E-state index in [1.165, 1.54) is 0 Å². The van der Waals surface area contributed by atoms with Crippen molar-refractivity contribution in [1.82, 2.24) is 0 Å². The predicted octanol–water partition coefficient (Wildman–Crippen LogP) is 2.67. The Bertz CT molecular complexity index is 466. The summed E-state index contributed by atoms with van der Waals surface area (Å²) in [5, 5.41) is 9.35. The smallest absolute Gasteiger partial charge is 0.235 e. The first-order chi connectivity index (χ1) is 8.54. The van der Waals surface area contributed by atoms with Gasteiger partial charge in [-0.2, -0.15) is 4.99 Å². The van der Waals surface area contributed by atoms with E-state index in [0.717, 1.165) is 30.4 Å². The second-order valence-corrected chi connectivity index (χ2v) is 5.71. The monoisotopic (exact) mass is 245 g/mol. The Labute approximate surface area is 108 Å². The number of isocyanates is 1. The third-order valence-electron chi connectivity index (χ3n) is 4.04. The lowest BCUT2D eigenvalue weighted by atomic mass is 9.72. The van der Waals surface area contributed by atoms with E-state index in [1.807, 2.05) is 38.1 Å². The van der Waals surface area contributed by atoms with Crippen LogP contribution in [0.25, 0.3) is 0 Å². The van der Waals surface area contributed by atoms with E-state index in [-0.39, 0.29) is 17.6 Å². The fourth-order valence-corrected chi connectivity index (χ4v) is 2.39. The molecule has 3 heteroatoms. The Morgan fingerprint density at radius 3 is 2.33 bits per heavy atom. The molecule has 0 amide bonds. The minimum Gasteiger partial charge on any atom is -0.395 e. The lowest BCUT2D eigenvalue weighted by Crippen LogP contribution is -2.32. The third-order valence-corrected chi connectivity index (χ3v) is 4.04. The van der Waals surface area contributed by atoms with E-state index in [0.29, 0.717) is 0 Å². The van der Waals surface area contributed by atoms with Gasteiger partial charge >= 0.3 is 0 Å². The van der Waals surface area contributed by atoms with Crippen molar-refractivity contribution in [2.24, 2.45) is 4.99 Å². The maximum absolute atomic E-state index is 10.5. The van der Waals surface area contributed by atoms with Crippen LogP contribution < -0.4 is 0 Å². The summed E-state index contributed by atoms with van der Waals surface area (Å²) in [6.07, 6.45) is 4.65. The highest BCUT2D eigenvalue weighted by atomic mass is 16.3. The van der Waals surface area contributed by atoms with Crippen LogP contribution in [-0.4, -0.2) is 17.8 Å². The quantitative estimate of drug-likeness (QED) is 0.655. The molecular formula is C15H19NO2. The summed E-state index contributed by atoms with van der Waals surface area (Å²) in [4.78, 5) is 14.5. The number of nitrogens with zero attached hydrogens (tertiary/aromatic N) is 1. The van der Waals surface area contributed by atoms with Crippen molar-refractivity contribution in [2.45, 2.75) is 44.1 Å². The molecule has 0 saturated heterocycles. The van der Waals surface area contributed by atoms with Gasteiger partial charge < -0.3 is 5.11 Å². The molecule has 18 heavy (non-hydrogen) atoms. The van der Waals surface area contributed by atoms with Crippen LogP contribution in [0.1, 0.15) is 44.2 Å². The van der Waals surface area contributed by atoms with Gasteiger partial charge in [0.05, 0.1) is 12.1 Å². The third kappa shape index (κ3) is 2.12. The molecule has 0 atom stereocenters. The molecule has 3 nitrogen and oxygen atoms in total. The highest BCUT2D eigenvalue weighted by Crippen LogP contribution is 2.44. The average molecular weight is 245 g/mol. The van der Waals surface area contributed by atoms with Crippen LogP contribution >= 0.6 is 0 Å². The van der Waals surface area contributed by atoms with Gasteiger partial charge in [0.1, 0.15) is 0 Å². The molecule has 0 spiro atoms. The maximum Gasteiger partial charge on any atom is 0.235 e. The van der Waals surface area contributed by atoms with Crippen molar-refractivity contribution >= 4 is 6.08 Å². The molecule has 0 radical (unpaired) electrons. The van der Waals surface area contributed by atoms with Crippen LogP contribution in [-0.2, 0) is 15.7 Å². The Balaban J connectivity index is 2.30. The largest absolute Gasteiger partial charge is 0.395 e. The molecule has 1 aliphatic carbocycles. The first-order valence-corrected chi connectivity index (χ1v) is 6.35. The van der Waals surface area contributed by atoms with Gasteiger partial charge in [-0.1, -0.05) is 38.1 Å². The topological polar surface area (TPSA) is 49.7 Å². The normalized spacial score (nSPS) is 17.7. The molecule has 96 valence electrons. The molecule has 0 heterocycles. The molecule has 1 fully saturated rings. The highest BCUT2D eigenvalue weighted by Gasteiger charge is 2.38. The van der Waals surface area contributed by atoms with Crippen LogP contribution in [0.4, 0.5) is 0 Å². The minimum absolute atomic E-state index is 0.115. The maximum atomic E-state index is 10.5. The molecule has 1 saturated carbocycles. The Morgan fingerprint density at radius 1 is 1.33 bits per heavy atom. The fourth-order valence-electron chi connectivity index (χ4n) is 2.39. The summed E-state index contributed by atoms with van der Waals surface area (Å²) in [6.45, 7) is 4.12. The van der Waals surface area contributed by atoms with E-state index >= 15 is 0 Å². The Hall–Kier alpha value is -1.44. The predicted molar refractivity (Wildman–Crippen MR) is 70.2 cm³/mol. The van der Waals surface area contributed by atoms with E-state index in [4.69, 9.17) is 0 Å². The van der Waals surface area contributed by atoms with Gasteiger partial charge in [-0.3, -0.25) is 0 Å². The molecule has 0 unspecified atom stereocenters. The number of aliphatic hydroxyl groups is 1. The SMILES string of the molecule is CC(C)(CO)c1ccc(C2(N=C=O)CCC2)cc1. The fraction of sp³-hybridized carbons (Fsp3) is 0.533. The van der Waals surface area contributed by atoms with Crippen LogP contribution in [0.3, 0.4) is 0 Å². The van der Waals surface area contributed by atoms with Crippen molar-refractivity contribution in [3.8, 4) is 0 Å². The van der Waals surface area contributed by atoms with Gasteiger partial charge in [-0.05, 0) is 30.4 Å². The van der Waals surface area contributed by atoms with Gasteiger partial charge in [0, 0.05) is 5.41 Å². The summed E-state index contributed by atoms with van der Waals surface area (Å²) < 4.78 is 0. The van der Waals surface area contributed by atoms with Crippen molar-refractivity contribution in [3.05, 3.63) is 35.4 Å². The summed E-state index contributed by atoms with van der Waals surface area (Å²) in [6, 6.07) is 8.08. The zero-order chi connectivity index (χ0) is 13.2. The highest BCUT2D eigenvalue weighted by molar-refractivity contribution is 5.40. The second-order valence-electron chi connectivity index (χ2n) is 5.71. The second kappa shape index (κ2) is 4.68. The van der Waals surface area contributed by atoms with Crippen LogP contribution in [0.5, 0.6) is 0 Å². The molecular weight excluding hydrogens is 226 g/mol. The summed E-state index contributed by atoms with van der Waals surface area (Å²) >= 11 is 0. The van der Waals surface area contributed by atoms with Crippen molar-refractivity contribution in [1.29, 1.82) is 0 Å². The van der Waals surface area contributed by atoms with Crippen molar-refractivity contribution in [3.63, 3.8) is 0 Å². The summed E-state index contributed by atoms with van der Waals surface area (Å²) in [7, 11) is 0. The zero-order valence-corrected chi connectivity index (χ0v) is 10.9. The number of aliphatic hydroxyl groups excluding tert-OH is 1. The molecule has 0 aliphatic heterocycles. The number of aliphatic imine (C=N–C) groups is 1. The first-order valence-electron chi connectivity index (χ1n) is 6.35. The molecule has 0 aromatic heterocycles. The van der Waals surface area contributed by atoms with E-state index in [9.17, 15) is 9.90 Å². The number of hydrogen-bond donors (Lipinski definition) is 1. The number of hydrogen-bond acceptors (Lipinski definition) is 3. The van der Waals surface area contributed by atoms with Crippen LogP contribution in [0.2, 0.25) is 0 Å². The van der Waals surface area contributed by atoms with E-state index in [1.54, 1.807) is 6.08 Å². The lowest BCUT2D eigenvalue weighted by Gasteiger charge is -2.37. The Morgan fingerprint density at radius 2 is 1.94 bits per heavy atom.